The van der Waals surface area contributed by atoms with Crippen molar-refractivity contribution in [1.29, 1.82) is 0 Å². The van der Waals surface area contributed by atoms with Gasteiger partial charge < -0.3 is 15.5 Å². The molecule has 3 amide bonds. The van der Waals surface area contributed by atoms with E-state index in [1.165, 1.54) is 0 Å². The number of hydrogen-bond donors (Lipinski definition) is 2. The van der Waals surface area contributed by atoms with Gasteiger partial charge in [-0.3, -0.25) is 14.4 Å². The number of benzene rings is 2. The Morgan fingerprint density at radius 2 is 1.71 bits per heavy atom. The predicted molar refractivity (Wildman–Crippen MR) is 124 cm³/mol. The number of rotatable bonds is 7. The zero-order valence-corrected chi connectivity index (χ0v) is 19.2. The van der Waals surface area contributed by atoms with Gasteiger partial charge in [0.15, 0.2) is 0 Å². The van der Waals surface area contributed by atoms with Crippen LogP contribution in [-0.2, 0) is 4.79 Å². The third kappa shape index (κ3) is 6.17. The Labute approximate surface area is 191 Å². The lowest BCUT2D eigenvalue weighted by Crippen LogP contribution is -2.54. The standard InChI is InChI=1S/C24H28BrN3O3/c1-2-13-26-23(30)21(27-22(29)18-7-4-3-5-8-18)17-11-14-28(15-12-17)24(31)19-9-6-10-20(25)16-19/h3-10,16-17,21H,2,11-15H2,1H3,(H,26,30)(H,27,29)/t21-/m0/s1. The van der Waals surface area contributed by atoms with Crippen molar-refractivity contribution in [1.82, 2.24) is 15.5 Å². The molecule has 164 valence electrons. The number of carbonyl (C=O) groups excluding carboxylic acids is 3. The zero-order valence-electron chi connectivity index (χ0n) is 17.6. The fourth-order valence-electron chi connectivity index (χ4n) is 3.81. The summed E-state index contributed by atoms with van der Waals surface area (Å²) in [5.41, 5.74) is 1.17. The van der Waals surface area contributed by atoms with Crippen molar-refractivity contribution in [3.05, 3.63) is 70.2 Å². The molecule has 0 saturated carbocycles. The van der Waals surface area contributed by atoms with E-state index in [2.05, 4.69) is 26.6 Å². The lowest BCUT2D eigenvalue weighted by atomic mass is 9.88. The normalized spacial score (nSPS) is 15.2. The Kier molecular flexibility index (Phi) is 8.23. The lowest BCUT2D eigenvalue weighted by Gasteiger charge is -2.36. The number of likely N-dealkylation sites (tertiary alicyclic amines) is 1. The average molecular weight is 486 g/mol. The van der Waals surface area contributed by atoms with E-state index < -0.39 is 6.04 Å². The van der Waals surface area contributed by atoms with Crippen LogP contribution in [0.15, 0.2) is 59.1 Å². The molecule has 0 aliphatic carbocycles. The second-order valence-corrected chi connectivity index (χ2v) is 8.66. The van der Waals surface area contributed by atoms with Crippen molar-refractivity contribution in [2.45, 2.75) is 32.2 Å². The van der Waals surface area contributed by atoms with Crippen molar-refractivity contribution < 1.29 is 14.4 Å². The highest BCUT2D eigenvalue weighted by Crippen LogP contribution is 2.23. The number of nitrogens with one attached hydrogen (secondary N) is 2. The molecule has 2 aromatic rings. The van der Waals surface area contributed by atoms with E-state index in [4.69, 9.17) is 0 Å². The van der Waals surface area contributed by atoms with Gasteiger partial charge in [-0.05, 0) is 55.5 Å². The Balaban J connectivity index is 1.66. The molecule has 0 unspecified atom stereocenters. The van der Waals surface area contributed by atoms with Gasteiger partial charge in [0.25, 0.3) is 11.8 Å². The van der Waals surface area contributed by atoms with Crippen LogP contribution in [0.5, 0.6) is 0 Å². The molecule has 6 nitrogen and oxygen atoms in total. The third-order valence-electron chi connectivity index (χ3n) is 5.52. The summed E-state index contributed by atoms with van der Waals surface area (Å²) in [5.74, 6) is -0.469. The molecule has 2 N–H and O–H groups in total. The molecule has 3 rings (SSSR count). The van der Waals surface area contributed by atoms with Gasteiger partial charge in [-0.25, -0.2) is 0 Å². The van der Waals surface area contributed by atoms with Crippen LogP contribution in [0.2, 0.25) is 0 Å². The van der Waals surface area contributed by atoms with Gasteiger partial charge in [-0.1, -0.05) is 47.1 Å². The van der Waals surface area contributed by atoms with Gasteiger partial charge >= 0.3 is 0 Å². The number of piperidine rings is 1. The van der Waals surface area contributed by atoms with Gasteiger partial charge in [0.1, 0.15) is 6.04 Å². The lowest BCUT2D eigenvalue weighted by molar-refractivity contribution is -0.124. The minimum atomic E-state index is -0.623. The van der Waals surface area contributed by atoms with E-state index in [1.54, 1.807) is 30.3 Å². The number of hydrogen-bond acceptors (Lipinski definition) is 3. The number of carbonyl (C=O) groups is 3. The molecule has 1 heterocycles. The SMILES string of the molecule is CCCNC(=O)[C@@H](NC(=O)c1ccccc1)C1CCN(C(=O)c2cccc(Br)c2)CC1. The maximum Gasteiger partial charge on any atom is 0.253 e. The van der Waals surface area contributed by atoms with E-state index in [1.807, 2.05) is 36.1 Å². The molecule has 0 radical (unpaired) electrons. The highest BCUT2D eigenvalue weighted by molar-refractivity contribution is 9.10. The summed E-state index contributed by atoms with van der Waals surface area (Å²) >= 11 is 3.41. The maximum absolute atomic E-state index is 12.8. The van der Waals surface area contributed by atoms with E-state index in [9.17, 15) is 14.4 Å². The second-order valence-electron chi connectivity index (χ2n) is 7.75. The predicted octanol–water partition coefficient (Wildman–Crippen LogP) is 3.63. The molecule has 31 heavy (non-hydrogen) atoms. The fourth-order valence-corrected chi connectivity index (χ4v) is 4.21. The molecule has 1 atom stereocenters. The first-order valence-electron chi connectivity index (χ1n) is 10.7. The first kappa shape index (κ1) is 23.0. The van der Waals surface area contributed by atoms with Crippen LogP contribution in [0, 0.1) is 5.92 Å². The number of halogens is 1. The molecular weight excluding hydrogens is 458 g/mol. The summed E-state index contributed by atoms with van der Waals surface area (Å²) in [5, 5.41) is 5.85. The van der Waals surface area contributed by atoms with Gasteiger partial charge in [0, 0.05) is 35.2 Å². The molecule has 0 bridgehead atoms. The zero-order chi connectivity index (χ0) is 22.2. The van der Waals surface area contributed by atoms with Crippen molar-refractivity contribution in [3.63, 3.8) is 0 Å². The molecule has 2 aromatic carbocycles. The summed E-state index contributed by atoms with van der Waals surface area (Å²) in [7, 11) is 0. The summed E-state index contributed by atoms with van der Waals surface area (Å²) in [6, 6.07) is 15.6. The Morgan fingerprint density at radius 1 is 1.03 bits per heavy atom. The molecule has 1 aliphatic rings. The van der Waals surface area contributed by atoms with Crippen molar-refractivity contribution >= 4 is 33.7 Å². The topological polar surface area (TPSA) is 78.5 Å². The largest absolute Gasteiger partial charge is 0.354 e. The van der Waals surface area contributed by atoms with Crippen LogP contribution in [-0.4, -0.2) is 48.3 Å². The van der Waals surface area contributed by atoms with E-state index in [-0.39, 0.29) is 23.6 Å². The quantitative estimate of drug-likeness (QED) is 0.628. The minimum absolute atomic E-state index is 0.0138. The van der Waals surface area contributed by atoms with Crippen LogP contribution in [0.3, 0.4) is 0 Å². The summed E-state index contributed by atoms with van der Waals surface area (Å²) < 4.78 is 0.865. The Bertz CT molecular complexity index is 911. The van der Waals surface area contributed by atoms with E-state index >= 15 is 0 Å². The van der Waals surface area contributed by atoms with Crippen LogP contribution >= 0.6 is 15.9 Å². The van der Waals surface area contributed by atoms with E-state index in [0.29, 0.717) is 43.6 Å². The fraction of sp³-hybridized carbons (Fsp3) is 0.375. The molecule has 0 spiro atoms. The highest BCUT2D eigenvalue weighted by Gasteiger charge is 2.34. The molecule has 7 heteroatoms. The van der Waals surface area contributed by atoms with Crippen LogP contribution in [0.25, 0.3) is 0 Å². The minimum Gasteiger partial charge on any atom is -0.354 e. The monoisotopic (exact) mass is 485 g/mol. The number of nitrogens with zero attached hydrogens (tertiary/aromatic N) is 1. The highest BCUT2D eigenvalue weighted by atomic mass is 79.9. The molecule has 1 aliphatic heterocycles. The summed E-state index contributed by atoms with van der Waals surface area (Å²) in [6.07, 6.45) is 2.13. The smallest absolute Gasteiger partial charge is 0.253 e. The molecule has 0 aromatic heterocycles. The summed E-state index contributed by atoms with van der Waals surface area (Å²) in [6.45, 7) is 3.66. The van der Waals surface area contributed by atoms with Crippen molar-refractivity contribution in [2.24, 2.45) is 5.92 Å². The second kappa shape index (κ2) is 11.1. The van der Waals surface area contributed by atoms with Crippen molar-refractivity contribution in [3.8, 4) is 0 Å². The Hall–Kier alpha value is -2.67. The molecular formula is C24H28BrN3O3. The van der Waals surface area contributed by atoms with E-state index in [0.717, 1.165) is 10.9 Å². The first-order chi connectivity index (χ1) is 15.0. The first-order valence-corrected chi connectivity index (χ1v) is 11.5. The molecule has 1 saturated heterocycles. The average Bonchev–Trinajstić information content (AvgIpc) is 2.81. The Morgan fingerprint density at radius 3 is 2.35 bits per heavy atom. The number of amides is 3. The van der Waals surface area contributed by atoms with Gasteiger partial charge in [0.05, 0.1) is 0 Å². The van der Waals surface area contributed by atoms with Crippen molar-refractivity contribution in [2.75, 3.05) is 19.6 Å². The van der Waals surface area contributed by atoms with Gasteiger partial charge in [-0.2, -0.15) is 0 Å². The maximum atomic E-state index is 12.8. The van der Waals surface area contributed by atoms with Crippen LogP contribution < -0.4 is 10.6 Å². The third-order valence-corrected chi connectivity index (χ3v) is 6.02. The van der Waals surface area contributed by atoms with Crippen LogP contribution in [0.4, 0.5) is 0 Å². The molecule has 1 fully saturated rings. The van der Waals surface area contributed by atoms with Gasteiger partial charge in [-0.15, -0.1) is 0 Å². The summed E-state index contributed by atoms with van der Waals surface area (Å²) in [4.78, 5) is 40.2. The van der Waals surface area contributed by atoms with Crippen LogP contribution in [0.1, 0.15) is 46.9 Å². The van der Waals surface area contributed by atoms with Gasteiger partial charge in [0.2, 0.25) is 5.91 Å².